The highest BCUT2D eigenvalue weighted by atomic mass is 16.1. The Balaban J connectivity index is 1.86. The summed E-state index contributed by atoms with van der Waals surface area (Å²) in [4.78, 5) is 11.6. The van der Waals surface area contributed by atoms with E-state index in [0.29, 0.717) is 6.04 Å². The van der Waals surface area contributed by atoms with Crippen LogP contribution in [0.3, 0.4) is 0 Å². The van der Waals surface area contributed by atoms with Gasteiger partial charge >= 0.3 is 0 Å². The van der Waals surface area contributed by atoms with E-state index >= 15 is 0 Å². The Kier molecular flexibility index (Phi) is 5.00. The van der Waals surface area contributed by atoms with Crippen molar-refractivity contribution in [3.63, 3.8) is 0 Å². The van der Waals surface area contributed by atoms with Gasteiger partial charge in [-0.15, -0.1) is 0 Å². The minimum atomic E-state index is 0.119. The molecule has 1 fully saturated rings. The van der Waals surface area contributed by atoms with Crippen LogP contribution >= 0.6 is 0 Å². The molecule has 2 atom stereocenters. The SMILES string of the molecule is CCCNC1CCCC1CCn1ccccc1=O. The van der Waals surface area contributed by atoms with Crippen molar-refractivity contribution in [2.24, 2.45) is 5.92 Å². The van der Waals surface area contributed by atoms with Crippen LogP contribution < -0.4 is 10.9 Å². The Labute approximate surface area is 109 Å². The molecule has 1 N–H and O–H groups in total. The maximum absolute atomic E-state index is 11.6. The number of hydrogen-bond acceptors (Lipinski definition) is 2. The minimum Gasteiger partial charge on any atom is -0.316 e. The first kappa shape index (κ1) is 13.3. The number of pyridine rings is 1. The van der Waals surface area contributed by atoms with Crippen LogP contribution in [-0.2, 0) is 6.54 Å². The second-order valence-electron chi connectivity index (χ2n) is 5.27. The molecule has 1 aromatic rings. The fourth-order valence-corrected chi connectivity index (χ4v) is 2.93. The Morgan fingerprint density at radius 2 is 2.28 bits per heavy atom. The summed E-state index contributed by atoms with van der Waals surface area (Å²) < 4.78 is 1.83. The van der Waals surface area contributed by atoms with Crippen molar-refractivity contribution in [1.29, 1.82) is 0 Å². The summed E-state index contributed by atoms with van der Waals surface area (Å²) in [7, 11) is 0. The minimum absolute atomic E-state index is 0.119. The van der Waals surface area contributed by atoms with E-state index in [-0.39, 0.29) is 5.56 Å². The molecule has 0 spiro atoms. The molecule has 0 bridgehead atoms. The zero-order chi connectivity index (χ0) is 12.8. The van der Waals surface area contributed by atoms with Crippen LogP contribution in [0.4, 0.5) is 0 Å². The van der Waals surface area contributed by atoms with Crippen molar-refractivity contribution in [2.45, 2.75) is 51.6 Å². The first-order valence-electron chi connectivity index (χ1n) is 7.20. The summed E-state index contributed by atoms with van der Waals surface area (Å²) in [5, 5.41) is 3.64. The number of nitrogens with one attached hydrogen (secondary N) is 1. The number of aryl methyl sites for hydroxylation is 1. The number of aromatic nitrogens is 1. The second kappa shape index (κ2) is 6.74. The third-order valence-corrected chi connectivity index (χ3v) is 3.96. The molecule has 1 aliphatic carbocycles. The van der Waals surface area contributed by atoms with E-state index in [2.05, 4.69) is 12.2 Å². The predicted octanol–water partition coefficient (Wildman–Crippen LogP) is 2.41. The van der Waals surface area contributed by atoms with Gasteiger partial charge in [0.05, 0.1) is 0 Å². The van der Waals surface area contributed by atoms with Gasteiger partial charge in [-0.3, -0.25) is 4.79 Å². The van der Waals surface area contributed by atoms with Gasteiger partial charge in [-0.25, -0.2) is 0 Å². The van der Waals surface area contributed by atoms with E-state index in [4.69, 9.17) is 0 Å². The highest BCUT2D eigenvalue weighted by Crippen LogP contribution is 2.28. The van der Waals surface area contributed by atoms with Crippen molar-refractivity contribution >= 4 is 0 Å². The monoisotopic (exact) mass is 248 g/mol. The smallest absolute Gasteiger partial charge is 0.250 e. The number of hydrogen-bond donors (Lipinski definition) is 1. The Morgan fingerprint density at radius 3 is 3.06 bits per heavy atom. The third-order valence-electron chi connectivity index (χ3n) is 3.96. The number of nitrogens with zero attached hydrogens (tertiary/aromatic N) is 1. The van der Waals surface area contributed by atoms with E-state index in [9.17, 15) is 4.79 Å². The van der Waals surface area contributed by atoms with E-state index in [0.717, 1.165) is 25.4 Å². The average molecular weight is 248 g/mol. The molecular formula is C15H24N2O. The molecule has 100 valence electrons. The fraction of sp³-hybridized carbons (Fsp3) is 0.667. The molecule has 3 heteroatoms. The van der Waals surface area contributed by atoms with Gasteiger partial charge < -0.3 is 9.88 Å². The Hall–Kier alpha value is -1.09. The standard InChI is InChI=1S/C15H24N2O/c1-2-10-16-14-7-5-6-13(14)9-12-17-11-4-3-8-15(17)18/h3-4,8,11,13-14,16H,2,5-7,9-10,12H2,1H3. The zero-order valence-electron chi connectivity index (χ0n) is 11.3. The van der Waals surface area contributed by atoms with Crippen LogP contribution in [0, 0.1) is 5.92 Å². The van der Waals surface area contributed by atoms with Crippen LogP contribution in [0.15, 0.2) is 29.2 Å². The Morgan fingerprint density at radius 1 is 1.39 bits per heavy atom. The first-order chi connectivity index (χ1) is 8.81. The molecule has 3 nitrogen and oxygen atoms in total. The molecule has 0 aliphatic heterocycles. The molecule has 0 radical (unpaired) electrons. The molecule has 0 amide bonds. The first-order valence-corrected chi connectivity index (χ1v) is 7.20. The number of rotatable bonds is 6. The summed E-state index contributed by atoms with van der Waals surface area (Å²) in [6, 6.07) is 6.05. The normalized spacial score (nSPS) is 23.4. The van der Waals surface area contributed by atoms with Gasteiger partial charge in [-0.05, 0) is 44.2 Å². The quantitative estimate of drug-likeness (QED) is 0.839. The van der Waals surface area contributed by atoms with Crippen molar-refractivity contribution in [2.75, 3.05) is 6.54 Å². The molecular weight excluding hydrogens is 224 g/mol. The van der Waals surface area contributed by atoms with Crippen molar-refractivity contribution in [3.8, 4) is 0 Å². The lowest BCUT2D eigenvalue weighted by atomic mass is 9.99. The lowest BCUT2D eigenvalue weighted by Crippen LogP contribution is -2.33. The molecule has 18 heavy (non-hydrogen) atoms. The summed E-state index contributed by atoms with van der Waals surface area (Å²) >= 11 is 0. The van der Waals surface area contributed by atoms with Gasteiger partial charge in [0.2, 0.25) is 5.56 Å². The molecule has 1 heterocycles. The van der Waals surface area contributed by atoms with Crippen LogP contribution in [0.2, 0.25) is 0 Å². The highest BCUT2D eigenvalue weighted by Gasteiger charge is 2.26. The summed E-state index contributed by atoms with van der Waals surface area (Å²) in [5.41, 5.74) is 0.119. The molecule has 1 saturated carbocycles. The molecule has 0 aromatic carbocycles. The van der Waals surface area contributed by atoms with Gasteiger partial charge in [-0.2, -0.15) is 0 Å². The largest absolute Gasteiger partial charge is 0.316 e. The van der Waals surface area contributed by atoms with Gasteiger partial charge in [0.1, 0.15) is 0 Å². The van der Waals surface area contributed by atoms with Crippen molar-refractivity contribution in [1.82, 2.24) is 9.88 Å². The summed E-state index contributed by atoms with van der Waals surface area (Å²) in [6.07, 6.45) is 8.14. The zero-order valence-corrected chi connectivity index (χ0v) is 11.3. The second-order valence-corrected chi connectivity index (χ2v) is 5.27. The van der Waals surface area contributed by atoms with Crippen LogP contribution in [0.25, 0.3) is 0 Å². The molecule has 0 saturated heterocycles. The van der Waals surface area contributed by atoms with E-state index in [1.165, 1.54) is 25.7 Å². The van der Waals surface area contributed by atoms with E-state index in [1.54, 1.807) is 12.1 Å². The van der Waals surface area contributed by atoms with Crippen LogP contribution in [0.1, 0.15) is 39.0 Å². The molecule has 2 rings (SSSR count). The maximum Gasteiger partial charge on any atom is 0.250 e. The molecule has 1 aliphatic rings. The maximum atomic E-state index is 11.6. The van der Waals surface area contributed by atoms with Crippen LogP contribution in [-0.4, -0.2) is 17.2 Å². The lowest BCUT2D eigenvalue weighted by Gasteiger charge is -2.21. The van der Waals surface area contributed by atoms with Crippen molar-refractivity contribution in [3.05, 3.63) is 34.7 Å². The van der Waals surface area contributed by atoms with Gasteiger partial charge in [0.15, 0.2) is 0 Å². The van der Waals surface area contributed by atoms with Gasteiger partial charge in [-0.1, -0.05) is 19.4 Å². The Bertz CT molecular complexity index is 413. The van der Waals surface area contributed by atoms with Gasteiger partial charge in [0, 0.05) is 24.8 Å². The van der Waals surface area contributed by atoms with E-state index in [1.807, 2.05) is 16.8 Å². The summed E-state index contributed by atoms with van der Waals surface area (Å²) in [5.74, 6) is 0.739. The van der Waals surface area contributed by atoms with Gasteiger partial charge in [0.25, 0.3) is 0 Å². The van der Waals surface area contributed by atoms with Crippen LogP contribution in [0.5, 0.6) is 0 Å². The van der Waals surface area contributed by atoms with E-state index < -0.39 is 0 Å². The highest BCUT2D eigenvalue weighted by molar-refractivity contribution is 4.93. The fourth-order valence-electron chi connectivity index (χ4n) is 2.93. The molecule has 1 aromatic heterocycles. The lowest BCUT2D eigenvalue weighted by molar-refractivity contribution is 0.359. The predicted molar refractivity (Wildman–Crippen MR) is 74.7 cm³/mol. The average Bonchev–Trinajstić information content (AvgIpc) is 2.83. The van der Waals surface area contributed by atoms with Crippen molar-refractivity contribution < 1.29 is 0 Å². The third kappa shape index (κ3) is 3.45. The topological polar surface area (TPSA) is 34.0 Å². The molecule has 2 unspecified atom stereocenters. The summed E-state index contributed by atoms with van der Waals surface area (Å²) in [6.45, 7) is 4.18.